The Labute approximate surface area is 145 Å². The smallest absolute Gasteiger partial charge is 0.273 e. The first kappa shape index (κ1) is 16.7. The largest absolute Gasteiger partial charge is 0.497 e. The van der Waals surface area contributed by atoms with E-state index in [4.69, 9.17) is 9.47 Å². The van der Waals surface area contributed by atoms with Crippen LogP contribution in [-0.2, 0) is 6.61 Å². The van der Waals surface area contributed by atoms with Crippen molar-refractivity contribution in [3.8, 4) is 11.5 Å². The van der Waals surface area contributed by atoms with Gasteiger partial charge in [-0.3, -0.25) is 4.79 Å². The van der Waals surface area contributed by atoms with E-state index in [1.54, 1.807) is 7.11 Å². The molecular weight excluding hydrogens is 326 g/mol. The van der Waals surface area contributed by atoms with Gasteiger partial charge in [0.1, 0.15) is 28.8 Å². The Balaban J connectivity index is 1.55. The van der Waals surface area contributed by atoms with E-state index in [2.05, 4.69) is 16.9 Å². The van der Waals surface area contributed by atoms with E-state index >= 15 is 0 Å². The van der Waals surface area contributed by atoms with Gasteiger partial charge in [0.05, 0.1) is 7.11 Å². The first-order chi connectivity index (χ1) is 11.7. The maximum atomic E-state index is 12.5. The molecule has 3 rings (SSSR count). The van der Waals surface area contributed by atoms with Crippen LogP contribution in [0.4, 0.5) is 0 Å². The molecule has 24 heavy (non-hydrogen) atoms. The van der Waals surface area contributed by atoms with Crippen LogP contribution in [0, 0.1) is 0 Å². The second-order valence-corrected chi connectivity index (χ2v) is 6.63. The summed E-state index contributed by atoms with van der Waals surface area (Å²) in [5.41, 5.74) is 0.512. The zero-order chi connectivity index (χ0) is 16.9. The van der Waals surface area contributed by atoms with Crippen molar-refractivity contribution in [2.75, 3.05) is 40.3 Å². The molecule has 0 N–H and O–H groups in total. The lowest BCUT2D eigenvalue weighted by Gasteiger charge is -2.31. The third-order valence-corrected chi connectivity index (χ3v) is 4.81. The van der Waals surface area contributed by atoms with Gasteiger partial charge in [0.25, 0.3) is 5.91 Å². The standard InChI is InChI=1S/C17H21N3O3S/c1-19-7-9-20(10-8-19)17(21)15-12-24-16(18-15)11-23-14-5-3-13(22-2)4-6-14/h3-6,12H,7-11H2,1-2H3. The number of hydrogen-bond donors (Lipinski definition) is 0. The molecule has 128 valence electrons. The summed E-state index contributed by atoms with van der Waals surface area (Å²) in [6, 6.07) is 7.39. The van der Waals surface area contributed by atoms with Crippen molar-refractivity contribution in [3.63, 3.8) is 0 Å². The fourth-order valence-electron chi connectivity index (χ4n) is 2.46. The molecule has 0 aliphatic carbocycles. The van der Waals surface area contributed by atoms with Crippen molar-refractivity contribution in [3.05, 3.63) is 40.3 Å². The zero-order valence-electron chi connectivity index (χ0n) is 13.9. The number of hydrogen-bond acceptors (Lipinski definition) is 6. The quantitative estimate of drug-likeness (QED) is 0.829. The van der Waals surface area contributed by atoms with Crippen molar-refractivity contribution in [2.24, 2.45) is 0 Å². The summed E-state index contributed by atoms with van der Waals surface area (Å²) in [5, 5.41) is 2.61. The summed E-state index contributed by atoms with van der Waals surface area (Å²) in [6.07, 6.45) is 0. The van der Waals surface area contributed by atoms with Gasteiger partial charge in [-0.2, -0.15) is 0 Å². The molecule has 6 nitrogen and oxygen atoms in total. The lowest BCUT2D eigenvalue weighted by molar-refractivity contribution is 0.0658. The SMILES string of the molecule is COc1ccc(OCc2nc(C(=O)N3CCN(C)CC3)cs2)cc1. The average Bonchev–Trinajstić information content (AvgIpc) is 3.09. The van der Waals surface area contributed by atoms with E-state index < -0.39 is 0 Å². The van der Waals surface area contributed by atoms with E-state index in [1.807, 2.05) is 34.5 Å². The number of amides is 1. The van der Waals surface area contributed by atoms with Crippen LogP contribution in [0.2, 0.25) is 0 Å². The van der Waals surface area contributed by atoms with Crippen LogP contribution in [0.5, 0.6) is 11.5 Å². The first-order valence-corrected chi connectivity index (χ1v) is 8.73. The highest BCUT2D eigenvalue weighted by Crippen LogP contribution is 2.19. The van der Waals surface area contributed by atoms with Crippen LogP contribution < -0.4 is 9.47 Å². The number of carbonyl (C=O) groups excluding carboxylic acids is 1. The zero-order valence-corrected chi connectivity index (χ0v) is 14.7. The Morgan fingerprint density at radius 1 is 1.17 bits per heavy atom. The first-order valence-electron chi connectivity index (χ1n) is 7.85. The van der Waals surface area contributed by atoms with Gasteiger partial charge in [-0.15, -0.1) is 11.3 Å². The molecule has 1 fully saturated rings. The molecule has 1 aromatic carbocycles. The highest BCUT2D eigenvalue weighted by atomic mass is 32.1. The molecule has 2 heterocycles. The number of nitrogens with zero attached hydrogens (tertiary/aromatic N) is 3. The second-order valence-electron chi connectivity index (χ2n) is 5.69. The van der Waals surface area contributed by atoms with Crippen LogP contribution in [0.1, 0.15) is 15.5 Å². The number of methoxy groups -OCH3 is 1. The number of ether oxygens (including phenoxy) is 2. The molecule has 1 aliphatic heterocycles. The van der Waals surface area contributed by atoms with Gasteiger partial charge in [-0.1, -0.05) is 0 Å². The van der Waals surface area contributed by atoms with Crippen LogP contribution in [0.15, 0.2) is 29.6 Å². The minimum absolute atomic E-state index is 0.00930. The number of benzene rings is 1. The fraction of sp³-hybridized carbons (Fsp3) is 0.412. The number of thiazole rings is 1. The molecule has 0 atom stereocenters. The second kappa shape index (κ2) is 7.63. The Hall–Kier alpha value is -2.12. The van der Waals surface area contributed by atoms with Crippen molar-refractivity contribution in [1.29, 1.82) is 0 Å². The van der Waals surface area contributed by atoms with Gasteiger partial charge in [-0.25, -0.2) is 4.98 Å². The van der Waals surface area contributed by atoms with Gasteiger partial charge in [0.2, 0.25) is 0 Å². The third-order valence-electron chi connectivity index (χ3n) is 3.98. The van der Waals surface area contributed by atoms with Gasteiger partial charge >= 0.3 is 0 Å². The monoisotopic (exact) mass is 347 g/mol. The molecule has 0 radical (unpaired) electrons. The predicted molar refractivity (Wildman–Crippen MR) is 92.8 cm³/mol. The van der Waals surface area contributed by atoms with Crippen LogP contribution in [0.3, 0.4) is 0 Å². The number of aromatic nitrogens is 1. The van der Waals surface area contributed by atoms with E-state index in [0.29, 0.717) is 12.3 Å². The maximum Gasteiger partial charge on any atom is 0.273 e. The predicted octanol–water partition coefficient (Wildman–Crippen LogP) is 2.12. The summed E-state index contributed by atoms with van der Waals surface area (Å²) in [4.78, 5) is 21.0. The maximum absolute atomic E-state index is 12.5. The fourth-order valence-corrected chi connectivity index (χ4v) is 3.14. The minimum Gasteiger partial charge on any atom is -0.497 e. The number of rotatable bonds is 5. The third kappa shape index (κ3) is 4.04. The van der Waals surface area contributed by atoms with E-state index in [9.17, 15) is 4.79 Å². The minimum atomic E-state index is 0.00930. The average molecular weight is 347 g/mol. The molecule has 0 unspecified atom stereocenters. The topological polar surface area (TPSA) is 54.9 Å². The number of likely N-dealkylation sites (N-methyl/N-ethyl adjacent to an activating group) is 1. The Bertz CT molecular complexity index is 679. The molecule has 1 amide bonds. The molecule has 1 aliphatic rings. The van der Waals surface area contributed by atoms with Gasteiger partial charge in [0.15, 0.2) is 0 Å². The summed E-state index contributed by atoms with van der Waals surface area (Å²) in [6.45, 7) is 3.68. The van der Waals surface area contributed by atoms with E-state index in [0.717, 1.165) is 42.7 Å². The van der Waals surface area contributed by atoms with Crippen molar-refractivity contribution >= 4 is 17.2 Å². The van der Waals surface area contributed by atoms with Crippen molar-refractivity contribution < 1.29 is 14.3 Å². The van der Waals surface area contributed by atoms with Crippen molar-refractivity contribution in [1.82, 2.24) is 14.8 Å². The summed E-state index contributed by atoms with van der Waals surface area (Å²) >= 11 is 1.45. The van der Waals surface area contributed by atoms with Crippen molar-refractivity contribution in [2.45, 2.75) is 6.61 Å². The molecule has 7 heteroatoms. The highest BCUT2D eigenvalue weighted by Gasteiger charge is 2.22. The molecule has 2 aromatic rings. The van der Waals surface area contributed by atoms with Crippen LogP contribution >= 0.6 is 11.3 Å². The van der Waals surface area contributed by atoms with Crippen LogP contribution in [0.25, 0.3) is 0 Å². The molecule has 1 aromatic heterocycles. The number of piperazine rings is 1. The molecule has 1 saturated heterocycles. The van der Waals surface area contributed by atoms with Crippen LogP contribution in [-0.4, -0.2) is 61.0 Å². The highest BCUT2D eigenvalue weighted by molar-refractivity contribution is 7.09. The normalized spacial score (nSPS) is 15.3. The lowest BCUT2D eigenvalue weighted by atomic mass is 10.3. The molecular formula is C17H21N3O3S. The lowest BCUT2D eigenvalue weighted by Crippen LogP contribution is -2.47. The Kier molecular flexibility index (Phi) is 5.32. The summed E-state index contributed by atoms with van der Waals surface area (Å²) < 4.78 is 10.8. The van der Waals surface area contributed by atoms with Gasteiger partial charge < -0.3 is 19.3 Å². The van der Waals surface area contributed by atoms with E-state index in [1.165, 1.54) is 11.3 Å². The molecule has 0 spiro atoms. The molecule has 0 saturated carbocycles. The Morgan fingerprint density at radius 3 is 2.50 bits per heavy atom. The summed E-state index contributed by atoms with van der Waals surface area (Å²) in [7, 11) is 3.70. The van der Waals surface area contributed by atoms with E-state index in [-0.39, 0.29) is 5.91 Å². The van der Waals surface area contributed by atoms with Gasteiger partial charge in [-0.05, 0) is 31.3 Å². The Morgan fingerprint density at radius 2 is 1.83 bits per heavy atom. The van der Waals surface area contributed by atoms with Gasteiger partial charge in [0, 0.05) is 31.6 Å². The number of carbonyl (C=O) groups is 1. The summed E-state index contributed by atoms with van der Waals surface area (Å²) in [5.74, 6) is 1.55. The molecule has 0 bridgehead atoms.